The summed E-state index contributed by atoms with van der Waals surface area (Å²) in [7, 11) is 0. The monoisotopic (exact) mass is 723 g/mol. The predicted octanol–water partition coefficient (Wildman–Crippen LogP) is 7.51. The van der Waals surface area contributed by atoms with Crippen molar-refractivity contribution < 1.29 is 46.8 Å². The molecule has 2 N–H and O–H groups in total. The Morgan fingerprint density at radius 1 is 0.653 bits per heavy atom. The molecule has 1 fully saturated rings. The Bertz CT molecular complexity index is 1260. The molecule has 49 heavy (non-hydrogen) atoms. The second-order valence-electron chi connectivity index (χ2n) is 13.3. The van der Waals surface area contributed by atoms with Crippen molar-refractivity contribution in [1.29, 1.82) is 0 Å². The minimum absolute atomic E-state index is 0. The molecule has 1 aliphatic carbocycles. The zero-order chi connectivity index (χ0) is 36.6. The van der Waals surface area contributed by atoms with E-state index in [1.165, 1.54) is 11.1 Å². The van der Waals surface area contributed by atoms with Gasteiger partial charge in [-0.15, -0.1) is 0 Å². The fourth-order valence-corrected chi connectivity index (χ4v) is 5.56. The van der Waals surface area contributed by atoms with Gasteiger partial charge < -0.3 is 30.0 Å². The molecule has 0 saturated heterocycles. The molecule has 1 radical (unpaired) electrons. The van der Waals surface area contributed by atoms with Crippen LogP contribution in [-0.2, 0) is 26.4 Å². The number of phenolic OH excluding ortho intramolecular Hbond substituents is 2. The van der Waals surface area contributed by atoms with E-state index in [-0.39, 0.29) is 28.9 Å². The van der Waals surface area contributed by atoms with Crippen molar-refractivity contribution in [2.24, 2.45) is 9.98 Å². The number of nitrogens with zero attached hydrogens (tertiary/aromatic N) is 2. The third kappa shape index (κ3) is 15.5. The summed E-state index contributed by atoms with van der Waals surface area (Å²) in [5.41, 5.74) is 6.34. The molecule has 0 heterocycles. The Hall–Kier alpha value is -3.17. The Balaban J connectivity index is 0.00000230. The molecule has 1 aliphatic rings. The first-order valence-corrected chi connectivity index (χ1v) is 17.7. The topological polar surface area (TPSA) is 145 Å². The first kappa shape index (κ1) is 45.8. The summed E-state index contributed by atoms with van der Waals surface area (Å²) in [5, 5.41) is 39.9. The van der Waals surface area contributed by atoms with Gasteiger partial charge in [0.1, 0.15) is 11.5 Å². The molecule has 4 unspecified atom stereocenters. The first-order valence-electron chi connectivity index (χ1n) is 17.7. The van der Waals surface area contributed by atoms with E-state index >= 15 is 0 Å². The molecule has 2 aromatic carbocycles. The fourth-order valence-electron chi connectivity index (χ4n) is 5.56. The van der Waals surface area contributed by atoms with Crippen molar-refractivity contribution in [3.05, 3.63) is 57.6 Å². The molecule has 0 aliphatic heterocycles. The standard InChI is InChI=1S/C36H54N2O2.2C2H4O2.Co/c1-9-23(5)27-17-29(35(39)33(19-27)25(7)11-3)21-37-31-13-15-32(16-14-31)38-22-30-18-28(24(6)10-2)20-34(36(30)40)26(8)12-4;2*1-2(3)4;/h17-26,31-32,39-40H,9-16H2,1-8H3;2*1H3,(H,3,4);/q;;;+2/p-2. The minimum Gasteiger partial charge on any atom is -0.550 e. The van der Waals surface area contributed by atoms with E-state index in [4.69, 9.17) is 29.8 Å². The van der Waals surface area contributed by atoms with Crippen molar-refractivity contribution in [2.75, 3.05) is 0 Å². The molecule has 0 amide bonds. The van der Waals surface area contributed by atoms with Gasteiger partial charge in [0.2, 0.25) is 0 Å². The summed E-state index contributed by atoms with van der Waals surface area (Å²) >= 11 is 0. The van der Waals surface area contributed by atoms with Gasteiger partial charge in [-0.1, -0.05) is 67.5 Å². The second-order valence-corrected chi connectivity index (χ2v) is 13.3. The van der Waals surface area contributed by atoms with Crippen LogP contribution in [-0.4, -0.2) is 46.7 Å². The van der Waals surface area contributed by atoms with Crippen LogP contribution < -0.4 is 10.2 Å². The number of carbonyl (C=O) groups excluding carboxylic acids is 2. The Labute approximate surface area is 305 Å². The summed E-state index contributed by atoms with van der Waals surface area (Å²) < 4.78 is 0. The van der Waals surface area contributed by atoms with E-state index < -0.39 is 11.9 Å². The number of phenols is 2. The van der Waals surface area contributed by atoms with Crippen LogP contribution in [0.2, 0.25) is 0 Å². The largest absolute Gasteiger partial charge is 2.00 e. The van der Waals surface area contributed by atoms with Crippen molar-refractivity contribution in [2.45, 2.75) is 156 Å². The fraction of sp³-hybridized carbons (Fsp3) is 0.600. The van der Waals surface area contributed by atoms with E-state index in [0.29, 0.717) is 35.2 Å². The van der Waals surface area contributed by atoms with Crippen LogP contribution in [0.4, 0.5) is 0 Å². The number of aromatic hydroxyl groups is 2. The average molecular weight is 724 g/mol. The van der Waals surface area contributed by atoms with Gasteiger partial charge in [-0.3, -0.25) is 9.98 Å². The molecule has 3 rings (SSSR count). The maximum absolute atomic E-state index is 11.0. The van der Waals surface area contributed by atoms with Crippen LogP contribution in [0.25, 0.3) is 0 Å². The van der Waals surface area contributed by atoms with Crippen molar-refractivity contribution in [3.8, 4) is 11.5 Å². The van der Waals surface area contributed by atoms with Crippen molar-refractivity contribution in [1.82, 2.24) is 0 Å². The first-order chi connectivity index (χ1) is 22.6. The molecule has 1 saturated carbocycles. The van der Waals surface area contributed by atoms with Crippen LogP contribution >= 0.6 is 0 Å². The van der Waals surface area contributed by atoms with Crippen LogP contribution in [0.15, 0.2) is 34.3 Å². The molecule has 8 nitrogen and oxygen atoms in total. The zero-order valence-corrected chi connectivity index (χ0v) is 32.4. The summed E-state index contributed by atoms with van der Waals surface area (Å²) in [5.74, 6) is 0.150. The molecular weight excluding hydrogens is 663 g/mol. The van der Waals surface area contributed by atoms with E-state index in [1.54, 1.807) is 0 Å². The van der Waals surface area contributed by atoms with Gasteiger partial charge in [0.15, 0.2) is 0 Å². The number of aliphatic imine (C=N–C) groups is 2. The maximum Gasteiger partial charge on any atom is 2.00 e. The van der Waals surface area contributed by atoms with Crippen LogP contribution in [0.3, 0.4) is 0 Å². The minimum atomic E-state index is -1.08. The molecule has 2 aromatic rings. The van der Waals surface area contributed by atoms with Crippen LogP contribution in [0.1, 0.15) is 178 Å². The quantitative estimate of drug-likeness (QED) is 0.217. The zero-order valence-electron chi connectivity index (χ0n) is 31.3. The van der Waals surface area contributed by atoms with Gasteiger partial charge in [-0.25, -0.2) is 0 Å². The van der Waals surface area contributed by atoms with E-state index in [2.05, 4.69) is 79.7 Å². The Morgan fingerprint density at radius 2 is 0.918 bits per heavy atom. The average Bonchev–Trinajstić information content (AvgIpc) is 3.05. The Morgan fingerprint density at radius 3 is 1.16 bits per heavy atom. The van der Waals surface area contributed by atoms with Gasteiger partial charge in [-0.05, 0) is 123 Å². The number of rotatable bonds is 12. The molecule has 0 spiro atoms. The smallest absolute Gasteiger partial charge is 0.550 e. The number of carboxylic acid groups (broad SMARTS) is 2. The van der Waals surface area contributed by atoms with Gasteiger partial charge >= 0.3 is 16.8 Å². The number of hydrogen-bond acceptors (Lipinski definition) is 8. The second kappa shape index (κ2) is 23.3. The predicted molar refractivity (Wildman–Crippen MR) is 194 cm³/mol. The summed E-state index contributed by atoms with van der Waals surface area (Å²) in [6.07, 6.45) is 11.9. The van der Waals surface area contributed by atoms with E-state index in [0.717, 1.165) is 87.5 Å². The van der Waals surface area contributed by atoms with Crippen molar-refractivity contribution >= 4 is 24.4 Å². The normalized spacial score (nSPS) is 18.2. The number of aliphatic carboxylic acids is 2. The molecule has 9 heteroatoms. The van der Waals surface area contributed by atoms with Gasteiger partial charge in [-0.2, -0.15) is 0 Å². The summed E-state index contributed by atoms with van der Waals surface area (Å²) in [4.78, 5) is 27.7. The maximum atomic E-state index is 11.0. The van der Waals surface area contributed by atoms with Gasteiger partial charge in [0, 0.05) is 35.5 Å². The third-order valence-corrected chi connectivity index (χ3v) is 9.55. The summed E-state index contributed by atoms with van der Waals surface area (Å²) in [6, 6.07) is 9.15. The molecule has 0 bridgehead atoms. The van der Waals surface area contributed by atoms with Crippen molar-refractivity contribution in [3.63, 3.8) is 0 Å². The SMILES string of the molecule is CC(=O)[O-].CC(=O)[O-].CCC(C)c1cc(C=NC2CCC(N=Cc3cc(C(C)CC)cc(C(C)CC)c3O)CC2)c(O)c(C(C)CC)c1.[Co+2]. The Kier molecular flexibility index (Phi) is 21.8. The molecule has 0 aromatic heterocycles. The van der Waals surface area contributed by atoms with E-state index in [9.17, 15) is 10.2 Å². The van der Waals surface area contributed by atoms with Gasteiger partial charge in [0.05, 0.1) is 12.1 Å². The number of carbonyl (C=O) groups is 2. The third-order valence-electron chi connectivity index (χ3n) is 9.55. The number of benzene rings is 2. The van der Waals surface area contributed by atoms with E-state index in [1.807, 2.05) is 12.4 Å². The summed E-state index contributed by atoms with van der Waals surface area (Å²) in [6.45, 7) is 19.6. The van der Waals surface area contributed by atoms with Gasteiger partial charge in [0.25, 0.3) is 0 Å². The molecular formula is C40H60CoN2O6. The van der Waals surface area contributed by atoms with Crippen LogP contribution in [0, 0.1) is 0 Å². The number of hydrogen-bond donors (Lipinski definition) is 2. The molecule has 4 atom stereocenters. The number of carboxylic acids is 2. The molecule has 275 valence electrons. The van der Waals surface area contributed by atoms with Crippen LogP contribution in [0.5, 0.6) is 11.5 Å².